The lowest BCUT2D eigenvalue weighted by atomic mass is 10.2. The zero-order chi connectivity index (χ0) is 9.78. The monoisotopic (exact) mass is 176 g/mol. The Morgan fingerprint density at radius 1 is 1.50 bits per heavy atom. The molecule has 0 heterocycles. The summed E-state index contributed by atoms with van der Waals surface area (Å²) in [6.45, 7) is 7.00. The topological polar surface area (TPSA) is 55.8 Å². The van der Waals surface area contributed by atoms with Crippen LogP contribution >= 0.6 is 0 Å². The molecule has 1 N–H and O–H groups in total. The maximum absolute atomic E-state index is 11.1. The van der Waals surface area contributed by atoms with Crippen LogP contribution < -0.4 is 0 Å². The maximum Gasteiger partial charge on any atom is 0.339 e. The molecule has 72 valence electrons. The van der Waals surface area contributed by atoms with Gasteiger partial charge >= 0.3 is 5.97 Å². The van der Waals surface area contributed by atoms with Gasteiger partial charge in [0.15, 0.2) is 6.10 Å². The number of rotatable bonds is 3. The Balaban J connectivity index is 4.02. The molecule has 0 aliphatic carbocycles. The predicted molar refractivity (Wildman–Crippen MR) is 43.6 cm³/mol. The fourth-order valence-electron chi connectivity index (χ4n) is 0.652. The summed E-state index contributed by atoms with van der Waals surface area (Å²) in [5.74, 6) is -0.535. The first-order chi connectivity index (χ1) is 5.40. The van der Waals surface area contributed by atoms with E-state index in [-0.39, 0.29) is 0 Å². The van der Waals surface area contributed by atoms with Gasteiger partial charge in [0.05, 0.1) is 0 Å². The van der Waals surface area contributed by atoms with Crippen molar-refractivity contribution in [1.29, 1.82) is 0 Å². The van der Waals surface area contributed by atoms with Gasteiger partial charge in [-0.3, -0.25) is 5.26 Å². The van der Waals surface area contributed by atoms with Crippen molar-refractivity contribution in [3.8, 4) is 0 Å². The molecule has 0 radical (unpaired) electrons. The average molecular weight is 176 g/mol. The highest BCUT2D eigenvalue weighted by molar-refractivity contribution is 5.74. The average Bonchev–Trinajstić information content (AvgIpc) is 1.85. The van der Waals surface area contributed by atoms with Gasteiger partial charge in [-0.05, 0) is 27.2 Å². The van der Waals surface area contributed by atoms with E-state index in [2.05, 4.69) is 4.89 Å². The van der Waals surface area contributed by atoms with Gasteiger partial charge in [-0.2, -0.15) is 0 Å². The highest BCUT2D eigenvalue weighted by Gasteiger charge is 2.24. The molecule has 0 aromatic carbocycles. The van der Waals surface area contributed by atoms with Crippen molar-refractivity contribution in [2.75, 3.05) is 0 Å². The summed E-state index contributed by atoms with van der Waals surface area (Å²) in [7, 11) is 0. The Labute approximate surface area is 72.4 Å². The smallest absolute Gasteiger partial charge is 0.339 e. The maximum atomic E-state index is 11.1. The van der Waals surface area contributed by atoms with E-state index >= 15 is 0 Å². The molecular weight excluding hydrogens is 160 g/mol. The van der Waals surface area contributed by atoms with Crippen LogP contribution in [0.15, 0.2) is 0 Å². The van der Waals surface area contributed by atoms with Gasteiger partial charge in [-0.25, -0.2) is 9.68 Å². The largest absolute Gasteiger partial charge is 0.458 e. The molecule has 0 saturated heterocycles. The van der Waals surface area contributed by atoms with E-state index in [9.17, 15) is 4.79 Å². The van der Waals surface area contributed by atoms with E-state index in [4.69, 9.17) is 9.99 Å². The summed E-state index contributed by atoms with van der Waals surface area (Å²) in [6.07, 6.45) is -0.477. The summed E-state index contributed by atoms with van der Waals surface area (Å²) < 4.78 is 4.96. The minimum atomic E-state index is -0.871. The zero-order valence-electron chi connectivity index (χ0n) is 7.96. The first kappa shape index (κ1) is 11.4. The summed E-state index contributed by atoms with van der Waals surface area (Å²) >= 11 is 0. The van der Waals surface area contributed by atoms with E-state index in [1.807, 2.05) is 0 Å². The van der Waals surface area contributed by atoms with Gasteiger partial charge in [-0.15, -0.1) is 0 Å². The fraction of sp³-hybridized carbons (Fsp3) is 0.875. The second kappa shape index (κ2) is 4.42. The van der Waals surface area contributed by atoms with E-state index in [1.54, 1.807) is 27.7 Å². The Morgan fingerprint density at radius 2 is 2.00 bits per heavy atom. The molecule has 0 aliphatic rings. The minimum Gasteiger partial charge on any atom is -0.458 e. The third kappa shape index (κ3) is 4.31. The molecule has 12 heavy (non-hydrogen) atoms. The normalized spacial score (nSPS) is 14.1. The second-order valence-corrected chi connectivity index (χ2v) is 3.54. The highest BCUT2D eigenvalue weighted by atomic mass is 17.1. The van der Waals surface area contributed by atoms with Gasteiger partial charge in [0.2, 0.25) is 0 Å². The molecule has 1 atom stereocenters. The summed E-state index contributed by atoms with van der Waals surface area (Å²) in [5.41, 5.74) is -0.539. The van der Waals surface area contributed by atoms with Gasteiger partial charge in [-0.1, -0.05) is 6.92 Å². The van der Waals surface area contributed by atoms with Gasteiger partial charge in [0, 0.05) is 0 Å². The molecule has 0 aliphatic heterocycles. The van der Waals surface area contributed by atoms with Gasteiger partial charge in [0.25, 0.3) is 0 Å². The van der Waals surface area contributed by atoms with Crippen molar-refractivity contribution in [2.45, 2.75) is 45.8 Å². The molecule has 0 amide bonds. The van der Waals surface area contributed by atoms with Crippen LogP contribution in [-0.4, -0.2) is 22.9 Å². The van der Waals surface area contributed by atoms with Crippen molar-refractivity contribution in [3.63, 3.8) is 0 Å². The quantitative estimate of drug-likeness (QED) is 0.403. The Bertz CT molecular complexity index is 144. The van der Waals surface area contributed by atoms with Crippen molar-refractivity contribution in [2.24, 2.45) is 0 Å². The summed E-state index contributed by atoms with van der Waals surface area (Å²) in [4.78, 5) is 15.0. The van der Waals surface area contributed by atoms with Gasteiger partial charge < -0.3 is 4.74 Å². The van der Waals surface area contributed by atoms with Gasteiger partial charge in [0.1, 0.15) is 5.60 Å². The van der Waals surface area contributed by atoms with Crippen LogP contribution in [0.4, 0.5) is 0 Å². The predicted octanol–water partition coefficient (Wildman–Crippen LogP) is 1.60. The molecule has 0 aromatic heterocycles. The summed E-state index contributed by atoms with van der Waals surface area (Å²) in [5, 5.41) is 8.29. The first-order valence-corrected chi connectivity index (χ1v) is 3.93. The van der Waals surface area contributed by atoms with Crippen LogP contribution in [0, 0.1) is 0 Å². The van der Waals surface area contributed by atoms with Crippen LogP contribution in [0.3, 0.4) is 0 Å². The van der Waals surface area contributed by atoms with Crippen molar-refractivity contribution < 1.29 is 19.7 Å². The number of ether oxygens (including phenoxy) is 1. The molecule has 4 heteroatoms. The van der Waals surface area contributed by atoms with E-state index in [0.29, 0.717) is 6.42 Å². The Morgan fingerprint density at radius 3 is 2.25 bits per heavy atom. The number of hydrogen-bond donors (Lipinski definition) is 1. The molecule has 1 unspecified atom stereocenters. The van der Waals surface area contributed by atoms with E-state index in [0.717, 1.165) is 0 Å². The molecule has 0 rings (SSSR count). The number of carbonyl (C=O) groups excluding carboxylic acids is 1. The Kier molecular flexibility index (Phi) is 4.20. The molecular formula is C8H16O4. The zero-order valence-corrected chi connectivity index (χ0v) is 7.96. The van der Waals surface area contributed by atoms with Crippen LogP contribution in [0.25, 0.3) is 0 Å². The number of hydrogen-bond acceptors (Lipinski definition) is 4. The van der Waals surface area contributed by atoms with Crippen molar-refractivity contribution in [1.82, 2.24) is 0 Å². The number of esters is 1. The second-order valence-electron chi connectivity index (χ2n) is 3.54. The lowest BCUT2D eigenvalue weighted by molar-refractivity contribution is -0.280. The third-order valence-corrected chi connectivity index (χ3v) is 1.17. The fourth-order valence-corrected chi connectivity index (χ4v) is 0.652. The van der Waals surface area contributed by atoms with E-state index < -0.39 is 17.7 Å². The minimum absolute atomic E-state index is 0.394. The lowest BCUT2D eigenvalue weighted by Gasteiger charge is -2.21. The molecule has 0 saturated carbocycles. The van der Waals surface area contributed by atoms with Crippen LogP contribution in [-0.2, 0) is 14.4 Å². The molecule has 0 aromatic rings. The van der Waals surface area contributed by atoms with Crippen LogP contribution in [0.2, 0.25) is 0 Å². The van der Waals surface area contributed by atoms with Crippen LogP contribution in [0.5, 0.6) is 0 Å². The standard InChI is InChI=1S/C8H16O4/c1-5-6(12-10)7(9)11-8(2,3)4/h6,10H,5H2,1-4H3. The molecule has 4 nitrogen and oxygen atoms in total. The highest BCUT2D eigenvalue weighted by Crippen LogP contribution is 2.10. The molecule has 0 bridgehead atoms. The SMILES string of the molecule is CCC(OO)C(=O)OC(C)(C)C. The molecule has 0 fully saturated rings. The van der Waals surface area contributed by atoms with E-state index in [1.165, 1.54) is 0 Å². The molecule has 0 spiro atoms. The third-order valence-electron chi connectivity index (χ3n) is 1.17. The first-order valence-electron chi connectivity index (χ1n) is 3.93. The number of carbonyl (C=O) groups is 1. The van der Waals surface area contributed by atoms with Crippen molar-refractivity contribution in [3.05, 3.63) is 0 Å². The lowest BCUT2D eigenvalue weighted by Crippen LogP contribution is -2.32. The summed E-state index contributed by atoms with van der Waals surface area (Å²) in [6, 6.07) is 0. The Hall–Kier alpha value is -0.610. The van der Waals surface area contributed by atoms with Crippen LogP contribution in [0.1, 0.15) is 34.1 Å². The van der Waals surface area contributed by atoms with Crippen molar-refractivity contribution >= 4 is 5.97 Å².